The largest absolute Gasteiger partial charge is 0.313 e. The Kier molecular flexibility index (Phi) is 3.57. The minimum Gasteiger partial charge on any atom is -0.313 e. The van der Waals surface area contributed by atoms with Crippen LogP contribution in [0.25, 0.3) is 0 Å². The predicted molar refractivity (Wildman–Crippen MR) is 77.1 cm³/mol. The first-order chi connectivity index (χ1) is 9.13. The van der Waals surface area contributed by atoms with Gasteiger partial charge in [-0.3, -0.25) is 0 Å². The molecular formula is C16H21ClFN. The Labute approximate surface area is 119 Å². The Morgan fingerprint density at radius 2 is 2.16 bits per heavy atom. The number of hydrogen-bond acceptors (Lipinski definition) is 1. The summed E-state index contributed by atoms with van der Waals surface area (Å²) in [5, 5.41) is 4.19. The number of nitrogens with one attached hydrogen (secondary N) is 1. The lowest BCUT2D eigenvalue weighted by Gasteiger charge is -2.36. The lowest BCUT2D eigenvalue weighted by molar-refractivity contribution is 0.306. The molecule has 0 spiro atoms. The van der Waals surface area contributed by atoms with Crippen LogP contribution in [0, 0.1) is 11.7 Å². The van der Waals surface area contributed by atoms with Crippen LogP contribution in [0.4, 0.5) is 4.39 Å². The highest BCUT2D eigenvalue weighted by atomic mass is 35.5. The van der Waals surface area contributed by atoms with Crippen molar-refractivity contribution in [3.63, 3.8) is 0 Å². The van der Waals surface area contributed by atoms with Gasteiger partial charge in [0.15, 0.2) is 0 Å². The van der Waals surface area contributed by atoms with E-state index in [1.165, 1.54) is 12.8 Å². The van der Waals surface area contributed by atoms with Gasteiger partial charge in [0.2, 0.25) is 0 Å². The molecule has 2 saturated carbocycles. The molecule has 0 bridgehead atoms. The minimum atomic E-state index is -0.140. The molecule has 2 aliphatic rings. The summed E-state index contributed by atoms with van der Waals surface area (Å²) in [6, 6.07) is 5.72. The Balaban J connectivity index is 1.97. The van der Waals surface area contributed by atoms with E-state index < -0.39 is 0 Å². The van der Waals surface area contributed by atoms with Gasteiger partial charge in [-0.2, -0.15) is 0 Å². The third-order valence-electron chi connectivity index (χ3n) is 4.95. The molecule has 0 aliphatic heterocycles. The summed E-state index contributed by atoms with van der Waals surface area (Å²) in [4.78, 5) is 0. The highest BCUT2D eigenvalue weighted by Gasteiger charge is 2.45. The summed E-state index contributed by atoms with van der Waals surface area (Å²) in [6.45, 7) is 3.10. The average molecular weight is 282 g/mol. The maximum atomic E-state index is 14.3. The van der Waals surface area contributed by atoms with E-state index in [2.05, 4.69) is 12.2 Å². The molecule has 3 rings (SSSR count). The van der Waals surface area contributed by atoms with Gasteiger partial charge in [0.1, 0.15) is 5.82 Å². The quantitative estimate of drug-likeness (QED) is 0.868. The molecule has 1 N–H and O–H groups in total. The topological polar surface area (TPSA) is 12.0 Å². The van der Waals surface area contributed by atoms with Crippen molar-refractivity contribution in [1.29, 1.82) is 0 Å². The molecule has 104 valence electrons. The highest BCUT2D eigenvalue weighted by Crippen LogP contribution is 2.48. The monoisotopic (exact) mass is 281 g/mol. The summed E-state index contributed by atoms with van der Waals surface area (Å²) in [5.41, 5.74) is 0.625. The first kappa shape index (κ1) is 13.4. The third-order valence-corrected chi connectivity index (χ3v) is 5.26. The normalized spacial score (nSPS) is 30.8. The van der Waals surface area contributed by atoms with Crippen molar-refractivity contribution in [3.05, 3.63) is 34.6 Å². The summed E-state index contributed by atoms with van der Waals surface area (Å²) < 4.78 is 14.3. The van der Waals surface area contributed by atoms with E-state index in [0.29, 0.717) is 17.0 Å². The van der Waals surface area contributed by atoms with E-state index in [1.54, 1.807) is 12.1 Å². The number of hydrogen-bond donors (Lipinski definition) is 1. The van der Waals surface area contributed by atoms with E-state index in [4.69, 9.17) is 11.6 Å². The standard InChI is InChI=1S/C16H21ClFN/c1-11-4-3-9-16(11,10-19-12-7-8-12)15-13(17)5-2-6-14(15)18/h2,5-6,11-12,19H,3-4,7-10H2,1H3. The van der Waals surface area contributed by atoms with Crippen LogP contribution < -0.4 is 5.32 Å². The first-order valence-electron chi connectivity index (χ1n) is 7.31. The van der Waals surface area contributed by atoms with Crippen molar-refractivity contribution in [1.82, 2.24) is 5.32 Å². The average Bonchev–Trinajstić information content (AvgIpc) is 3.13. The second-order valence-electron chi connectivity index (χ2n) is 6.20. The van der Waals surface area contributed by atoms with E-state index in [1.807, 2.05) is 6.07 Å². The second kappa shape index (κ2) is 5.06. The van der Waals surface area contributed by atoms with Crippen molar-refractivity contribution in [2.45, 2.75) is 50.5 Å². The smallest absolute Gasteiger partial charge is 0.128 e. The molecule has 2 fully saturated rings. The van der Waals surface area contributed by atoms with Gasteiger partial charge in [0, 0.05) is 28.6 Å². The molecular weight excluding hydrogens is 261 g/mol. The summed E-state index contributed by atoms with van der Waals surface area (Å²) in [5.74, 6) is 0.340. The van der Waals surface area contributed by atoms with Crippen LogP contribution in [-0.4, -0.2) is 12.6 Å². The molecule has 0 amide bonds. The van der Waals surface area contributed by atoms with E-state index in [-0.39, 0.29) is 11.2 Å². The van der Waals surface area contributed by atoms with Crippen LogP contribution in [0.15, 0.2) is 18.2 Å². The Morgan fingerprint density at radius 1 is 1.37 bits per heavy atom. The number of rotatable bonds is 4. The van der Waals surface area contributed by atoms with Gasteiger partial charge in [-0.25, -0.2) is 4.39 Å². The molecule has 0 heterocycles. The molecule has 0 aromatic heterocycles. The van der Waals surface area contributed by atoms with Gasteiger partial charge in [0.25, 0.3) is 0 Å². The lowest BCUT2D eigenvalue weighted by Crippen LogP contribution is -2.42. The van der Waals surface area contributed by atoms with Gasteiger partial charge in [-0.1, -0.05) is 31.0 Å². The van der Waals surface area contributed by atoms with E-state index in [0.717, 1.165) is 31.4 Å². The zero-order valence-electron chi connectivity index (χ0n) is 11.4. The molecule has 2 unspecified atom stereocenters. The van der Waals surface area contributed by atoms with Crippen LogP contribution in [0.5, 0.6) is 0 Å². The molecule has 3 heteroatoms. The molecule has 1 aromatic rings. The number of benzene rings is 1. The molecule has 1 aromatic carbocycles. The third kappa shape index (κ3) is 2.41. The molecule has 1 nitrogen and oxygen atoms in total. The van der Waals surface area contributed by atoms with Gasteiger partial charge in [-0.05, 0) is 43.7 Å². The van der Waals surface area contributed by atoms with Gasteiger partial charge in [-0.15, -0.1) is 0 Å². The maximum absolute atomic E-state index is 14.3. The fraction of sp³-hybridized carbons (Fsp3) is 0.625. The van der Waals surface area contributed by atoms with Crippen LogP contribution in [0.3, 0.4) is 0 Å². The van der Waals surface area contributed by atoms with E-state index in [9.17, 15) is 4.39 Å². The van der Waals surface area contributed by atoms with Crippen molar-refractivity contribution in [2.75, 3.05) is 6.54 Å². The van der Waals surface area contributed by atoms with Crippen LogP contribution in [-0.2, 0) is 5.41 Å². The number of halogens is 2. The van der Waals surface area contributed by atoms with Crippen LogP contribution >= 0.6 is 11.6 Å². The summed E-state index contributed by atoms with van der Waals surface area (Å²) >= 11 is 6.33. The Hall–Kier alpha value is -0.600. The van der Waals surface area contributed by atoms with Gasteiger partial charge in [0.05, 0.1) is 0 Å². The zero-order chi connectivity index (χ0) is 13.5. The fourth-order valence-corrected chi connectivity index (χ4v) is 3.91. The molecule has 0 radical (unpaired) electrons. The molecule has 2 atom stereocenters. The van der Waals surface area contributed by atoms with Gasteiger partial charge >= 0.3 is 0 Å². The summed E-state index contributed by atoms with van der Waals surface area (Å²) in [6.07, 6.45) is 5.88. The second-order valence-corrected chi connectivity index (χ2v) is 6.61. The summed E-state index contributed by atoms with van der Waals surface area (Å²) in [7, 11) is 0. The van der Waals surface area contributed by atoms with Gasteiger partial charge < -0.3 is 5.32 Å². The lowest BCUT2D eigenvalue weighted by atomic mass is 9.72. The predicted octanol–water partition coefficient (Wildman–Crippen LogP) is 4.29. The van der Waals surface area contributed by atoms with Crippen molar-refractivity contribution < 1.29 is 4.39 Å². The van der Waals surface area contributed by atoms with Crippen LogP contribution in [0.1, 0.15) is 44.6 Å². The van der Waals surface area contributed by atoms with Crippen molar-refractivity contribution in [3.8, 4) is 0 Å². The highest BCUT2D eigenvalue weighted by molar-refractivity contribution is 6.31. The fourth-order valence-electron chi connectivity index (χ4n) is 3.56. The van der Waals surface area contributed by atoms with E-state index >= 15 is 0 Å². The minimum absolute atomic E-state index is 0.120. The Morgan fingerprint density at radius 3 is 2.74 bits per heavy atom. The first-order valence-corrected chi connectivity index (χ1v) is 7.69. The molecule has 0 saturated heterocycles. The molecule has 2 aliphatic carbocycles. The Bertz CT molecular complexity index is 452. The molecule has 19 heavy (non-hydrogen) atoms. The van der Waals surface area contributed by atoms with Crippen molar-refractivity contribution >= 4 is 11.6 Å². The van der Waals surface area contributed by atoms with Crippen molar-refractivity contribution in [2.24, 2.45) is 5.92 Å². The SMILES string of the molecule is CC1CCCC1(CNC1CC1)c1c(F)cccc1Cl. The van der Waals surface area contributed by atoms with Crippen LogP contribution in [0.2, 0.25) is 5.02 Å². The zero-order valence-corrected chi connectivity index (χ0v) is 12.1. The maximum Gasteiger partial charge on any atom is 0.128 e.